The average molecular weight is 210 g/mol. The molecule has 0 unspecified atom stereocenters. The van der Waals surface area contributed by atoms with Gasteiger partial charge >= 0.3 is 0 Å². The van der Waals surface area contributed by atoms with Gasteiger partial charge in [-0.15, -0.1) is 0 Å². The molecular weight excluding hydrogens is 196 g/mol. The third kappa shape index (κ3) is 4.27. The summed E-state index contributed by atoms with van der Waals surface area (Å²) in [6, 6.07) is 20.3. The van der Waals surface area contributed by atoms with Crippen LogP contribution in [0.1, 0.15) is 0 Å². The Morgan fingerprint density at radius 3 is 1.44 bits per heavy atom. The minimum Gasteiger partial charge on any atom is -0.356 e. The van der Waals surface area contributed by atoms with Crippen molar-refractivity contribution < 1.29 is 0 Å². The second-order valence-corrected chi connectivity index (χ2v) is 3.03. The van der Waals surface area contributed by atoms with Gasteiger partial charge in [-0.25, -0.2) is 0 Å². The van der Waals surface area contributed by atoms with Crippen LogP contribution in [-0.2, 0) is 0 Å². The minimum absolute atomic E-state index is 1.12. The summed E-state index contributed by atoms with van der Waals surface area (Å²) < 4.78 is 0. The summed E-state index contributed by atoms with van der Waals surface area (Å²) in [7, 11) is 0. The van der Waals surface area contributed by atoms with Crippen LogP contribution in [0, 0.1) is 5.41 Å². The molecule has 2 rings (SSSR count). The molecule has 16 heavy (non-hydrogen) atoms. The van der Waals surface area contributed by atoms with Crippen molar-refractivity contribution in [3.63, 3.8) is 0 Å². The van der Waals surface area contributed by atoms with E-state index in [1.807, 2.05) is 60.7 Å². The van der Waals surface area contributed by atoms with Gasteiger partial charge in [-0.1, -0.05) is 36.4 Å². The van der Waals surface area contributed by atoms with E-state index < -0.39 is 0 Å². The van der Waals surface area contributed by atoms with Crippen LogP contribution in [-0.4, -0.2) is 5.87 Å². The molecule has 2 aromatic carbocycles. The number of benzene rings is 2. The first kappa shape index (κ1) is 11.8. The fourth-order valence-corrected chi connectivity index (χ4v) is 1.21. The van der Waals surface area contributed by atoms with Crippen molar-refractivity contribution in [3.05, 3.63) is 67.2 Å². The summed E-state index contributed by atoms with van der Waals surface area (Å²) in [4.78, 5) is 0. The number of nitrogens with one attached hydrogen (secondary N) is 2. The Kier molecular flexibility index (Phi) is 5.18. The highest BCUT2D eigenvalue weighted by molar-refractivity contribution is 5.58. The van der Waals surface area contributed by atoms with Gasteiger partial charge in [0.1, 0.15) is 0 Å². The predicted molar refractivity (Wildman–Crippen MR) is 69.5 cm³/mol. The SMILES string of the molecule is C=C=N.c1ccc(Nc2ccccc2)cc1. The average Bonchev–Trinajstić information content (AvgIpc) is 2.33. The van der Waals surface area contributed by atoms with Gasteiger partial charge in [0.25, 0.3) is 0 Å². The lowest BCUT2D eigenvalue weighted by Gasteiger charge is -2.04. The van der Waals surface area contributed by atoms with E-state index >= 15 is 0 Å². The third-order valence-electron chi connectivity index (χ3n) is 1.84. The maximum Gasteiger partial charge on any atom is 0.0384 e. The molecule has 0 amide bonds. The normalized spacial score (nSPS) is 8.25. The van der Waals surface area contributed by atoms with Crippen LogP contribution in [0.2, 0.25) is 0 Å². The van der Waals surface area contributed by atoms with Gasteiger partial charge in [0, 0.05) is 11.4 Å². The zero-order valence-electron chi connectivity index (χ0n) is 8.98. The molecule has 2 heteroatoms. The molecule has 0 spiro atoms. The van der Waals surface area contributed by atoms with E-state index in [0.29, 0.717) is 0 Å². The van der Waals surface area contributed by atoms with Gasteiger partial charge < -0.3 is 5.32 Å². The van der Waals surface area contributed by atoms with Crippen molar-refractivity contribution in [2.75, 3.05) is 5.32 Å². The summed E-state index contributed by atoms with van der Waals surface area (Å²) >= 11 is 0. The van der Waals surface area contributed by atoms with Crippen LogP contribution >= 0.6 is 0 Å². The molecule has 0 bridgehead atoms. The van der Waals surface area contributed by atoms with E-state index in [-0.39, 0.29) is 0 Å². The van der Waals surface area contributed by atoms with E-state index in [1.54, 1.807) is 5.87 Å². The standard InChI is InChI=1S/C12H11N.C2H3N/c1-3-7-11(8-4-1)13-12-9-5-2-6-10-12;1-2-3/h1-10,13H;3H,1H2. The number of rotatable bonds is 2. The summed E-state index contributed by atoms with van der Waals surface area (Å²) in [5.74, 6) is 1.75. The van der Waals surface area contributed by atoms with Gasteiger partial charge in [-0.2, -0.15) is 0 Å². The number of para-hydroxylation sites is 2. The Morgan fingerprint density at radius 1 is 0.812 bits per heavy atom. The molecule has 0 saturated carbocycles. The molecule has 0 fully saturated rings. The smallest absolute Gasteiger partial charge is 0.0384 e. The van der Waals surface area contributed by atoms with Crippen LogP contribution in [0.15, 0.2) is 67.2 Å². The molecular formula is C14H14N2. The Balaban J connectivity index is 0.000000386. The number of hydrogen-bond donors (Lipinski definition) is 2. The summed E-state index contributed by atoms with van der Waals surface area (Å²) in [6.45, 7) is 2.90. The minimum atomic E-state index is 1.12. The highest BCUT2D eigenvalue weighted by Gasteiger charge is 1.89. The molecule has 0 aliphatic heterocycles. The molecule has 0 heterocycles. The summed E-state index contributed by atoms with van der Waals surface area (Å²) in [5, 5.41) is 9.15. The summed E-state index contributed by atoms with van der Waals surface area (Å²) in [6.07, 6.45) is 0. The van der Waals surface area contributed by atoms with Crippen LogP contribution in [0.5, 0.6) is 0 Å². The maximum atomic E-state index is 5.85. The van der Waals surface area contributed by atoms with Gasteiger partial charge in [0.2, 0.25) is 0 Å². The molecule has 2 aromatic rings. The quantitative estimate of drug-likeness (QED) is 0.725. The zero-order chi connectivity index (χ0) is 11.6. The fourth-order valence-electron chi connectivity index (χ4n) is 1.21. The van der Waals surface area contributed by atoms with Crippen molar-refractivity contribution in [3.8, 4) is 0 Å². The highest BCUT2D eigenvalue weighted by Crippen LogP contribution is 2.14. The monoisotopic (exact) mass is 210 g/mol. The van der Waals surface area contributed by atoms with E-state index in [1.165, 1.54) is 0 Å². The van der Waals surface area contributed by atoms with Crippen LogP contribution in [0.3, 0.4) is 0 Å². The van der Waals surface area contributed by atoms with Crippen LogP contribution < -0.4 is 5.32 Å². The molecule has 0 aromatic heterocycles. The Hall–Kier alpha value is -2.31. The van der Waals surface area contributed by atoms with Crippen LogP contribution in [0.4, 0.5) is 11.4 Å². The maximum absolute atomic E-state index is 5.85. The van der Waals surface area contributed by atoms with Gasteiger partial charge in [-0.3, -0.25) is 5.41 Å². The highest BCUT2D eigenvalue weighted by atomic mass is 14.9. The third-order valence-corrected chi connectivity index (χ3v) is 1.84. The first-order valence-corrected chi connectivity index (χ1v) is 4.92. The summed E-state index contributed by atoms with van der Waals surface area (Å²) in [5.41, 5.74) is 2.24. The number of anilines is 2. The largest absolute Gasteiger partial charge is 0.356 e. The lowest BCUT2D eigenvalue weighted by molar-refractivity contribution is 1.55. The molecule has 0 aliphatic rings. The van der Waals surface area contributed by atoms with Gasteiger partial charge in [-0.05, 0) is 36.7 Å². The molecule has 80 valence electrons. The Bertz CT molecular complexity index is 391. The molecule has 0 atom stereocenters. The van der Waals surface area contributed by atoms with Gasteiger partial charge in [0.05, 0.1) is 0 Å². The topological polar surface area (TPSA) is 35.9 Å². The van der Waals surface area contributed by atoms with Crippen molar-refractivity contribution in [2.24, 2.45) is 0 Å². The van der Waals surface area contributed by atoms with E-state index in [9.17, 15) is 0 Å². The lowest BCUT2D eigenvalue weighted by atomic mass is 10.3. The number of hydrogen-bond acceptors (Lipinski definition) is 2. The molecule has 0 saturated heterocycles. The van der Waals surface area contributed by atoms with Crippen molar-refractivity contribution in [1.29, 1.82) is 5.41 Å². The van der Waals surface area contributed by atoms with Crippen molar-refractivity contribution >= 4 is 17.2 Å². The first-order chi connectivity index (χ1) is 7.86. The first-order valence-electron chi connectivity index (χ1n) is 4.92. The Labute approximate surface area is 95.8 Å². The predicted octanol–water partition coefficient (Wildman–Crippen LogP) is 3.85. The molecule has 2 nitrogen and oxygen atoms in total. The molecule has 0 radical (unpaired) electrons. The molecule has 0 aliphatic carbocycles. The van der Waals surface area contributed by atoms with E-state index in [2.05, 4.69) is 11.9 Å². The second kappa shape index (κ2) is 7.04. The van der Waals surface area contributed by atoms with E-state index in [4.69, 9.17) is 5.41 Å². The van der Waals surface area contributed by atoms with Gasteiger partial charge in [0.15, 0.2) is 0 Å². The van der Waals surface area contributed by atoms with Crippen molar-refractivity contribution in [2.45, 2.75) is 0 Å². The van der Waals surface area contributed by atoms with Crippen molar-refractivity contribution in [1.82, 2.24) is 0 Å². The zero-order valence-corrected chi connectivity index (χ0v) is 8.98. The Morgan fingerprint density at radius 2 is 1.12 bits per heavy atom. The lowest BCUT2D eigenvalue weighted by Crippen LogP contribution is -1.87. The fraction of sp³-hybridized carbons (Fsp3) is 0. The van der Waals surface area contributed by atoms with Crippen LogP contribution in [0.25, 0.3) is 0 Å². The van der Waals surface area contributed by atoms with E-state index in [0.717, 1.165) is 11.4 Å². The molecule has 2 N–H and O–H groups in total. The second-order valence-electron chi connectivity index (χ2n) is 3.03.